The average molecular weight is 406 g/mol. The van der Waals surface area contributed by atoms with Gasteiger partial charge in [0.05, 0.1) is 19.7 Å². The van der Waals surface area contributed by atoms with E-state index >= 15 is 0 Å². The number of nitrogens with zero attached hydrogens (tertiary/aromatic N) is 1. The number of hydrogen-bond donors (Lipinski definition) is 0. The van der Waals surface area contributed by atoms with E-state index in [1.165, 1.54) is 56.0 Å². The summed E-state index contributed by atoms with van der Waals surface area (Å²) in [4.78, 5) is 37.0. The summed E-state index contributed by atoms with van der Waals surface area (Å²) in [5.74, 6) is 0. The molecule has 0 unspecified atom stereocenters. The molecule has 0 saturated carbocycles. The molecule has 10 heteroatoms. The Kier molecular flexibility index (Phi) is 4.95. The van der Waals surface area contributed by atoms with E-state index in [9.17, 15) is 14.4 Å². The molecule has 3 heterocycles. The molecule has 3 rings (SSSR count). The van der Waals surface area contributed by atoms with Crippen molar-refractivity contribution in [2.24, 2.45) is 0 Å². The molecule has 0 N–H and O–H groups in total. The molecule has 22 heavy (non-hydrogen) atoms. The normalized spacial score (nSPS) is 18.0. The predicted molar refractivity (Wildman–Crippen MR) is 101 cm³/mol. The van der Waals surface area contributed by atoms with Crippen molar-refractivity contribution in [1.29, 1.82) is 0 Å². The minimum Gasteiger partial charge on any atom is -0.333 e. The van der Waals surface area contributed by atoms with Crippen LogP contribution < -0.4 is 9.64 Å². The van der Waals surface area contributed by atoms with Gasteiger partial charge in [-0.15, -0.1) is 0 Å². The number of allylic oxidation sites excluding steroid dienone is 2. The Morgan fingerprint density at radius 2 is 1.73 bits per heavy atom. The van der Waals surface area contributed by atoms with Gasteiger partial charge in [0.1, 0.15) is 14.1 Å². The van der Waals surface area contributed by atoms with E-state index in [0.29, 0.717) is 38.8 Å². The maximum atomic E-state index is 12.1. The molecular formula is C12H7NO3S6. The molecule has 1 aromatic rings. The van der Waals surface area contributed by atoms with Gasteiger partial charge < -0.3 is 4.90 Å². The topological polar surface area (TPSA) is 54.5 Å². The Morgan fingerprint density at radius 1 is 1.09 bits per heavy atom. The highest BCUT2D eigenvalue weighted by Gasteiger charge is 2.34. The predicted octanol–water partition coefficient (Wildman–Crippen LogP) is 3.69. The average Bonchev–Trinajstić information content (AvgIpc) is 3.09. The lowest BCUT2D eigenvalue weighted by molar-refractivity contribution is -0.106. The minimum atomic E-state index is 0.0159. The highest BCUT2D eigenvalue weighted by atomic mass is 32.9. The number of hydrogen-bond acceptors (Lipinski definition) is 10. The summed E-state index contributed by atoms with van der Waals surface area (Å²) < 4.78 is 2.38. The van der Waals surface area contributed by atoms with E-state index in [1.807, 2.05) is 11.8 Å². The summed E-state index contributed by atoms with van der Waals surface area (Å²) in [6.07, 6.45) is 1.36. The second-order valence-electron chi connectivity index (χ2n) is 4.03. The maximum absolute atomic E-state index is 12.1. The van der Waals surface area contributed by atoms with Gasteiger partial charge >= 0.3 is 0 Å². The third-order valence-electron chi connectivity index (χ3n) is 2.87. The van der Waals surface area contributed by atoms with Crippen molar-refractivity contribution in [3.63, 3.8) is 0 Å². The van der Waals surface area contributed by atoms with Gasteiger partial charge in [0.2, 0.25) is 0 Å². The van der Waals surface area contributed by atoms with Crippen LogP contribution in [0.3, 0.4) is 0 Å². The number of aldehydes is 2. The third kappa shape index (κ3) is 2.65. The zero-order valence-corrected chi connectivity index (χ0v) is 15.9. The Balaban J connectivity index is 2.12. The van der Waals surface area contributed by atoms with Crippen LogP contribution in [0.25, 0.3) is 0 Å². The van der Waals surface area contributed by atoms with Crippen molar-refractivity contribution in [2.45, 2.75) is 11.1 Å². The van der Waals surface area contributed by atoms with E-state index in [-0.39, 0.29) is 4.74 Å². The first-order valence-corrected chi connectivity index (χ1v) is 11.0. The number of carbonyl (C=O) groups is 2. The van der Waals surface area contributed by atoms with Crippen molar-refractivity contribution < 1.29 is 9.59 Å². The summed E-state index contributed by atoms with van der Waals surface area (Å²) in [5, 5.41) is 0. The Hall–Kier alpha value is -0.390. The first-order valence-electron chi connectivity index (χ1n) is 5.98. The number of thiocarbonyl (C=S) groups is 1. The molecule has 0 bridgehead atoms. The van der Waals surface area contributed by atoms with Gasteiger partial charge in [-0.2, -0.15) is 0 Å². The van der Waals surface area contributed by atoms with Crippen molar-refractivity contribution in [2.75, 3.05) is 11.4 Å². The summed E-state index contributed by atoms with van der Waals surface area (Å²) >= 11 is 9.38. The quantitative estimate of drug-likeness (QED) is 0.327. The van der Waals surface area contributed by atoms with Gasteiger partial charge in [-0.25, -0.2) is 0 Å². The van der Waals surface area contributed by atoms with E-state index in [1.54, 1.807) is 0 Å². The van der Waals surface area contributed by atoms with Crippen LogP contribution in [0, 0.1) is 0 Å². The van der Waals surface area contributed by atoms with Crippen LogP contribution >= 0.6 is 68.2 Å². The Labute approximate surface area is 151 Å². The largest absolute Gasteiger partial charge is 0.333 e. The number of carbonyl (C=O) groups excluding carboxylic acids is 2. The van der Waals surface area contributed by atoms with Gasteiger partial charge in [0, 0.05) is 6.54 Å². The molecule has 0 amide bonds. The lowest BCUT2D eigenvalue weighted by Gasteiger charge is -2.30. The van der Waals surface area contributed by atoms with Crippen LogP contribution in [0.2, 0.25) is 0 Å². The summed E-state index contributed by atoms with van der Waals surface area (Å²) in [6, 6.07) is 0. The Morgan fingerprint density at radius 3 is 2.27 bits per heavy atom. The number of fused-ring (bicyclic) bond motifs is 1. The van der Waals surface area contributed by atoms with Gasteiger partial charge in [-0.1, -0.05) is 57.8 Å². The van der Waals surface area contributed by atoms with Crippen LogP contribution in [-0.4, -0.2) is 23.3 Å². The monoisotopic (exact) mass is 405 g/mol. The van der Waals surface area contributed by atoms with Crippen molar-refractivity contribution in [3.05, 3.63) is 29.3 Å². The molecule has 114 valence electrons. The molecule has 0 fully saturated rings. The lowest BCUT2D eigenvalue weighted by atomic mass is 10.4. The van der Waals surface area contributed by atoms with Gasteiger partial charge in [-0.3, -0.25) is 14.4 Å². The first-order chi connectivity index (χ1) is 10.6. The molecule has 4 nitrogen and oxygen atoms in total. The fraction of sp³-hybridized carbons (Fsp3) is 0.167. The zero-order chi connectivity index (χ0) is 15.9. The zero-order valence-electron chi connectivity index (χ0n) is 11.0. The lowest BCUT2D eigenvalue weighted by Crippen LogP contribution is -2.32. The first kappa shape index (κ1) is 16.5. The smallest absolute Gasteiger partial charge is 0.267 e. The van der Waals surface area contributed by atoms with Crippen LogP contribution in [0.4, 0.5) is 5.69 Å². The van der Waals surface area contributed by atoms with Crippen LogP contribution in [-0.2, 0) is 9.59 Å². The fourth-order valence-corrected chi connectivity index (χ4v) is 8.77. The molecule has 0 aromatic carbocycles. The molecule has 0 spiro atoms. The second-order valence-corrected chi connectivity index (χ2v) is 10.4. The minimum absolute atomic E-state index is 0.0159. The van der Waals surface area contributed by atoms with Gasteiger partial charge in [0.25, 0.3) is 4.74 Å². The van der Waals surface area contributed by atoms with Crippen molar-refractivity contribution in [3.8, 4) is 0 Å². The van der Waals surface area contributed by atoms with E-state index in [4.69, 9.17) is 12.2 Å². The molecule has 1 aromatic heterocycles. The van der Waals surface area contributed by atoms with Crippen LogP contribution in [0.5, 0.6) is 0 Å². The van der Waals surface area contributed by atoms with Crippen molar-refractivity contribution in [1.82, 2.24) is 0 Å². The number of anilines is 1. The second kappa shape index (κ2) is 6.62. The van der Waals surface area contributed by atoms with E-state index < -0.39 is 0 Å². The number of thioether (sulfide) groups is 3. The van der Waals surface area contributed by atoms with E-state index in [0.717, 1.165) is 14.1 Å². The molecule has 0 aliphatic carbocycles. The summed E-state index contributed by atoms with van der Waals surface area (Å²) in [6.45, 7) is 2.54. The molecule has 0 saturated heterocycles. The van der Waals surface area contributed by atoms with E-state index in [2.05, 4.69) is 0 Å². The molecule has 0 atom stereocenters. The Bertz CT molecular complexity index is 780. The molecule has 0 radical (unpaired) electrons. The van der Waals surface area contributed by atoms with Crippen LogP contribution in [0.15, 0.2) is 28.7 Å². The molecule has 2 aliphatic heterocycles. The molecule has 2 aliphatic rings. The third-order valence-corrected chi connectivity index (χ3v) is 9.32. The van der Waals surface area contributed by atoms with Gasteiger partial charge in [-0.05, 0) is 17.3 Å². The highest BCUT2D eigenvalue weighted by Crippen LogP contribution is 2.53. The SMILES string of the molecule is CCN1C(=C2SC(C=O)=C(C=O)S2)C(=S)Sc2ssc(=O)c21. The standard InChI is InChI=1S/C12H7NO3S6/c1-2-13-7-9(16)21-22-12(7)20-10(17)8(13)11-18-5(3-14)6(4-15)19-11/h3-4H,2H2,1H3. The maximum Gasteiger partial charge on any atom is 0.267 e. The fourth-order valence-electron chi connectivity index (χ4n) is 1.97. The van der Waals surface area contributed by atoms with Crippen LogP contribution in [0.1, 0.15) is 6.92 Å². The summed E-state index contributed by atoms with van der Waals surface area (Å²) in [7, 11) is 2.63. The summed E-state index contributed by atoms with van der Waals surface area (Å²) in [5.41, 5.74) is 1.41. The van der Waals surface area contributed by atoms with Gasteiger partial charge in [0.15, 0.2) is 12.6 Å². The molecular weight excluding hydrogens is 399 g/mol. The highest BCUT2D eigenvalue weighted by molar-refractivity contribution is 8.30. The van der Waals surface area contributed by atoms with Crippen molar-refractivity contribution >= 4 is 90.6 Å². The number of rotatable bonds is 3.